The molecule has 1 heteroatoms. The number of hydrogen-bond acceptors (Lipinski definition) is 1. The lowest BCUT2D eigenvalue weighted by Gasteiger charge is -2.25. The molecule has 15 heavy (non-hydrogen) atoms. The topological polar surface area (TPSA) is 20.2 Å². The molecule has 1 aromatic carbocycles. The van der Waals surface area contributed by atoms with Gasteiger partial charge in [-0.15, -0.1) is 0 Å². The van der Waals surface area contributed by atoms with Gasteiger partial charge in [0.05, 0.1) is 6.10 Å². The van der Waals surface area contributed by atoms with Gasteiger partial charge in [-0.3, -0.25) is 0 Å². The summed E-state index contributed by atoms with van der Waals surface area (Å²) in [4.78, 5) is 0. The van der Waals surface area contributed by atoms with E-state index >= 15 is 0 Å². The third kappa shape index (κ3) is 1.33. The van der Waals surface area contributed by atoms with E-state index in [1.807, 2.05) is 6.92 Å². The standard InChI is InChI=1S/C14H18O/c1-10(15)14(6-7-14)13-8-11-4-2-3-5-12(11)9-13/h2-5,10,13,15H,6-9H2,1H3. The van der Waals surface area contributed by atoms with Gasteiger partial charge in [0.15, 0.2) is 0 Å². The van der Waals surface area contributed by atoms with Crippen LogP contribution in [0.5, 0.6) is 0 Å². The normalized spacial score (nSPS) is 24.9. The van der Waals surface area contributed by atoms with Crippen molar-refractivity contribution in [1.82, 2.24) is 0 Å². The Labute approximate surface area is 91.1 Å². The summed E-state index contributed by atoms with van der Waals surface area (Å²) in [6.07, 6.45) is 4.69. The van der Waals surface area contributed by atoms with Gasteiger partial charge in [-0.2, -0.15) is 0 Å². The summed E-state index contributed by atoms with van der Waals surface area (Å²) >= 11 is 0. The third-order valence-electron chi connectivity index (χ3n) is 4.52. The molecule has 0 spiro atoms. The molecule has 1 fully saturated rings. The zero-order chi connectivity index (χ0) is 10.5. The highest BCUT2D eigenvalue weighted by atomic mass is 16.3. The molecule has 1 saturated carbocycles. The smallest absolute Gasteiger partial charge is 0.0571 e. The SMILES string of the molecule is CC(O)C1(C2Cc3ccccc3C2)CC1. The van der Waals surface area contributed by atoms with E-state index in [-0.39, 0.29) is 11.5 Å². The Kier molecular flexibility index (Phi) is 1.93. The average molecular weight is 202 g/mol. The number of benzene rings is 1. The van der Waals surface area contributed by atoms with E-state index in [0.717, 1.165) is 0 Å². The van der Waals surface area contributed by atoms with Crippen molar-refractivity contribution in [2.75, 3.05) is 0 Å². The maximum Gasteiger partial charge on any atom is 0.0571 e. The van der Waals surface area contributed by atoms with Crippen LogP contribution < -0.4 is 0 Å². The van der Waals surface area contributed by atoms with Crippen LogP contribution in [-0.2, 0) is 12.8 Å². The molecule has 1 unspecified atom stereocenters. The second-order valence-electron chi connectivity index (χ2n) is 5.28. The highest BCUT2D eigenvalue weighted by molar-refractivity contribution is 5.33. The van der Waals surface area contributed by atoms with E-state index in [1.165, 1.54) is 36.8 Å². The first-order valence-electron chi connectivity index (χ1n) is 5.97. The first kappa shape index (κ1) is 9.41. The van der Waals surface area contributed by atoms with Crippen LogP contribution in [0, 0.1) is 11.3 Å². The van der Waals surface area contributed by atoms with Crippen molar-refractivity contribution in [1.29, 1.82) is 0 Å². The molecule has 1 aromatic rings. The van der Waals surface area contributed by atoms with E-state index in [9.17, 15) is 5.11 Å². The minimum absolute atomic E-state index is 0.128. The summed E-state index contributed by atoms with van der Waals surface area (Å²) in [5.41, 5.74) is 3.28. The lowest BCUT2D eigenvalue weighted by Crippen LogP contribution is -2.27. The Balaban J connectivity index is 1.85. The molecule has 1 nitrogen and oxygen atoms in total. The largest absolute Gasteiger partial charge is 0.393 e. The highest BCUT2D eigenvalue weighted by Gasteiger charge is 2.53. The van der Waals surface area contributed by atoms with E-state index in [1.54, 1.807) is 0 Å². The fraction of sp³-hybridized carbons (Fsp3) is 0.571. The van der Waals surface area contributed by atoms with Gasteiger partial charge in [-0.05, 0) is 55.1 Å². The fourth-order valence-electron chi connectivity index (χ4n) is 3.28. The molecule has 2 aliphatic carbocycles. The van der Waals surface area contributed by atoms with E-state index in [2.05, 4.69) is 24.3 Å². The van der Waals surface area contributed by atoms with E-state index in [4.69, 9.17) is 0 Å². The van der Waals surface area contributed by atoms with Crippen LogP contribution in [0.15, 0.2) is 24.3 Å². The minimum Gasteiger partial charge on any atom is -0.393 e. The summed E-state index contributed by atoms with van der Waals surface area (Å²) in [5, 5.41) is 9.88. The molecular formula is C14H18O. The molecule has 1 atom stereocenters. The van der Waals surface area contributed by atoms with E-state index < -0.39 is 0 Å². The average Bonchev–Trinajstić information content (AvgIpc) is 2.93. The highest BCUT2D eigenvalue weighted by Crippen LogP contribution is 2.58. The van der Waals surface area contributed by atoms with Crippen molar-refractivity contribution in [3.63, 3.8) is 0 Å². The Bertz CT molecular complexity index is 352. The number of rotatable bonds is 2. The molecular weight excluding hydrogens is 184 g/mol. The van der Waals surface area contributed by atoms with Gasteiger partial charge in [0.25, 0.3) is 0 Å². The van der Waals surface area contributed by atoms with Crippen molar-refractivity contribution in [3.8, 4) is 0 Å². The van der Waals surface area contributed by atoms with Gasteiger partial charge in [0.2, 0.25) is 0 Å². The number of fused-ring (bicyclic) bond motifs is 1. The molecule has 0 bridgehead atoms. The number of aliphatic hydroxyl groups is 1. The Hall–Kier alpha value is -0.820. The van der Waals surface area contributed by atoms with Gasteiger partial charge in [-0.1, -0.05) is 24.3 Å². The summed E-state index contributed by atoms with van der Waals surface area (Å²) in [6.45, 7) is 1.97. The van der Waals surface area contributed by atoms with Crippen molar-refractivity contribution in [2.45, 2.75) is 38.7 Å². The zero-order valence-corrected chi connectivity index (χ0v) is 9.24. The van der Waals surface area contributed by atoms with Crippen LogP contribution in [0.1, 0.15) is 30.9 Å². The minimum atomic E-state index is -0.128. The molecule has 0 heterocycles. The van der Waals surface area contributed by atoms with Crippen LogP contribution >= 0.6 is 0 Å². The van der Waals surface area contributed by atoms with Crippen molar-refractivity contribution in [2.24, 2.45) is 11.3 Å². The molecule has 2 aliphatic rings. The molecule has 1 N–H and O–H groups in total. The van der Waals surface area contributed by atoms with Gasteiger partial charge < -0.3 is 5.11 Å². The van der Waals surface area contributed by atoms with Crippen LogP contribution in [0.4, 0.5) is 0 Å². The van der Waals surface area contributed by atoms with Crippen LogP contribution in [0.2, 0.25) is 0 Å². The summed E-state index contributed by atoms with van der Waals surface area (Å²) in [5.74, 6) is 0.690. The van der Waals surface area contributed by atoms with Crippen molar-refractivity contribution in [3.05, 3.63) is 35.4 Å². The Morgan fingerprint density at radius 3 is 2.13 bits per heavy atom. The van der Waals surface area contributed by atoms with Gasteiger partial charge in [-0.25, -0.2) is 0 Å². The summed E-state index contributed by atoms with van der Waals surface area (Å²) in [7, 11) is 0. The van der Waals surface area contributed by atoms with Gasteiger partial charge >= 0.3 is 0 Å². The monoisotopic (exact) mass is 202 g/mol. The van der Waals surface area contributed by atoms with Gasteiger partial charge in [0, 0.05) is 0 Å². The molecule has 0 saturated heterocycles. The number of aliphatic hydroxyl groups excluding tert-OH is 1. The van der Waals surface area contributed by atoms with Crippen molar-refractivity contribution >= 4 is 0 Å². The molecule has 0 aromatic heterocycles. The lowest BCUT2D eigenvalue weighted by atomic mass is 9.82. The maximum absolute atomic E-state index is 9.88. The maximum atomic E-state index is 9.88. The Morgan fingerprint density at radius 1 is 1.20 bits per heavy atom. The predicted molar refractivity (Wildman–Crippen MR) is 60.7 cm³/mol. The summed E-state index contributed by atoms with van der Waals surface area (Å²) in [6, 6.07) is 8.74. The number of hydrogen-bond donors (Lipinski definition) is 1. The third-order valence-corrected chi connectivity index (χ3v) is 4.52. The summed E-state index contributed by atoms with van der Waals surface area (Å²) < 4.78 is 0. The quantitative estimate of drug-likeness (QED) is 0.781. The molecule has 0 amide bonds. The second kappa shape index (κ2) is 3.08. The van der Waals surface area contributed by atoms with Crippen LogP contribution in [0.25, 0.3) is 0 Å². The first-order valence-corrected chi connectivity index (χ1v) is 5.97. The second-order valence-corrected chi connectivity index (χ2v) is 5.28. The molecule has 0 radical (unpaired) electrons. The molecule has 3 rings (SSSR count). The predicted octanol–water partition coefficient (Wildman–Crippen LogP) is 2.56. The van der Waals surface area contributed by atoms with Crippen molar-refractivity contribution < 1.29 is 5.11 Å². The lowest BCUT2D eigenvalue weighted by molar-refractivity contribution is 0.0717. The zero-order valence-electron chi connectivity index (χ0n) is 9.24. The van der Waals surface area contributed by atoms with Crippen LogP contribution in [0.3, 0.4) is 0 Å². The molecule has 0 aliphatic heterocycles. The van der Waals surface area contributed by atoms with Gasteiger partial charge in [0.1, 0.15) is 0 Å². The first-order chi connectivity index (χ1) is 7.22. The van der Waals surface area contributed by atoms with Crippen LogP contribution in [-0.4, -0.2) is 11.2 Å². The molecule has 80 valence electrons. The fourth-order valence-corrected chi connectivity index (χ4v) is 3.28. The Morgan fingerprint density at radius 2 is 1.73 bits per heavy atom. The van der Waals surface area contributed by atoms with E-state index in [0.29, 0.717) is 5.92 Å².